The summed E-state index contributed by atoms with van der Waals surface area (Å²) < 4.78 is 29.1. The standard InChI is InChI=1S/C14H11N3O2S2/c1-10-4-6-12(7-5-10)21(18,19)14-16-13(17-20-14)11-3-2-8-15-9-11/h2-9H,1H3. The molecule has 106 valence electrons. The molecule has 0 saturated carbocycles. The molecule has 0 atom stereocenters. The van der Waals surface area contributed by atoms with E-state index in [9.17, 15) is 8.42 Å². The van der Waals surface area contributed by atoms with Gasteiger partial charge < -0.3 is 0 Å². The second kappa shape index (κ2) is 5.34. The van der Waals surface area contributed by atoms with E-state index in [1.807, 2.05) is 6.92 Å². The third kappa shape index (κ3) is 2.70. The van der Waals surface area contributed by atoms with Crippen LogP contribution < -0.4 is 0 Å². The minimum Gasteiger partial charge on any atom is -0.264 e. The molecule has 0 aliphatic rings. The lowest BCUT2D eigenvalue weighted by Gasteiger charge is -2.00. The summed E-state index contributed by atoms with van der Waals surface area (Å²) in [4.78, 5) is 8.33. The quantitative estimate of drug-likeness (QED) is 0.742. The summed E-state index contributed by atoms with van der Waals surface area (Å²) in [5.74, 6) is 0.374. The zero-order valence-electron chi connectivity index (χ0n) is 11.1. The number of hydrogen-bond donors (Lipinski definition) is 0. The van der Waals surface area contributed by atoms with E-state index in [1.54, 1.807) is 48.8 Å². The minimum atomic E-state index is -3.62. The van der Waals surface area contributed by atoms with E-state index < -0.39 is 9.84 Å². The van der Waals surface area contributed by atoms with Crippen LogP contribution in [0.3, 0.4) is 0 Å². The molecule has 0 aliphatic carbocycles. The van der Waals surface area contributed by atoms with Crippen LogP contribution in [0.25, 0.3) is 11.4 Å². The van der Waals surface area contributed by atoms with Gasteiger partial charge in [-0.1, -0.05) is 17.7 Å². The van der Waals surface area contributed by atoms with Crippen molar-refractivity contribution in [3.05, 3.63) is 54.4 Å². The van der Waals surface area contributed by atoms with Crippen LogP contribution in [-0.4, -0.2) is 22.8 Å². The predicted octanol–water partition coefficient (Wildman–Crippen LogP) is 2.74. The van der Waals surface area contributed by atoms with Crippen LogP contribution in [0.1, 0.15) is 5.56 Å². The molecule has 0 fully saturated rings. The van der Waals surface area contributed by atoms with E-state index in [0.29, 0.717) is 11.4 Å². The summed E-state index contributed by atoms with van der Waals surface area (Å²) >= 11 is 0.874. The van der Waals surface area contributed by atoms with E-state index in [1.165, 1.54) is 0 Å². The lowest BCUT2D eigenvalue weighted by Crippen LogP contribution is -2.01. The SMILES string of the molecule is Cc1ccc(S(=O)(=O)c2nc(-c3cccnc3)ns2)cc1. The monoisotopic (exact) mass is 317 g/mol. The van der Waals surface area contributed by atoms with Crippen LogP contribution in [0.15, 0.2) is 58.0 Å². The Hall–Kier alpha value is -2.12. The number of hydrogen-bond acceptors (Lipinski definition) is 6. The first-order valence-electron chi connectivity index (χ1n) is 6.13. The van der Waals surface area contributed by atoms with Gasteiger partial charge >= 0.3 is 0 Å². The number of benzene rings is 1. The van der Waals surface area contributed by atoms with Crippen LogP contribution in [-0.2, 0) is 9.84 Å². The predicted molar refractivity (Wildman–Crippen MR) is 79.8 cm³/mol. The van der Waals surface area contributed by atoms with Gasteiger partial charge in [0.05, 0.1) is 4.90 Å². The van der Waals surface area contributed by atoms with E-state index >= 15 is 0 Å². The molecule has 3 rings (SSSR count). The maximum Gasteiger partial charge on any atom is 0.235 e. The van der Waals surface area contributed by atoms with Gasteiger partial charge in [0.1, 0.15) is 0 Å². The molecule has 0 amide bonds. The molecule has 0 bridgehead atoms. The lowest BCUT2D eigenvalue weighted by atomic mass is 10.2. The number of aromatic nitrogens is 3. The van der Waals surface area contributed by atoms with E-state index in [2.05, 4.69) is 14.3 Å². The van der Waals surface area contributed by atoms with Crippen molar-refractivity contribution in [1.82, 2.24) is 14.3 Å². The summed E-state index contributed by atoms with van der Waals surface area (Å²) in [6, 6.07) is 10.2. The largest absolute Gasteiger partial charge is 0.264 e. The maximum atomic E-state index is 12.5. The van der Waals surface area contributed by atoms with Crippen LogP contribution in [0, 0.1) is 6.92 Å². The van der Waals surface area contributed by atoms with Crippen molar-refractivity contribution >= 4 is 21.4 Å². The first kappa shape index (κ1) is 13.8. The van der Waals surface area contributed by atoms with E-state index in [0.717, 1.165) is 17.1 Å². The minimum absolute atomic E-state index is 0.00907. The topological polar surface area (TPSA) is 72.8 Å². The molecule has 0 radical (unpaired) electrons. The van der Waals surface area contributed by atoms with Gasteiger partial charge in [0.25, 0.3) is 0 Å². The lowest BCUT2D eigenvalue weighted by molar-refractivity contribution is 0.595. The van der Waals surface area contributed by atoms with Crippen molar-refractivity contribution in [2.45, 2.75) is 16.2 Å². The Bertz CT molecular complexity index is 857. The third-order valence-electron chi connectivity index (χ3n) is 2.89. The second-order valence-corrected chi connectivity index (χ2v) is 7.32. The summed E-state index contributed by atoms with van der Waals surface area (Å²) in [6.45, 7) is 1.90. The number of pyridine rings is 1. The average molecular weight is 317 g/mol. The highest BCUT2D eigenvalue weighted by molar-refractivity contribution is 7.93. The summed E-state index contributed by atoms with van der Waals surface area (Å²) in [5, 5.41) is 0. The van der Waals surface area contributed by atoms with Gasteiger partial charge in [-0.3, -0.25) is 4.98 Å². The molecule has 7 heteroatoms. The van der Waals surface area contributed by atoms with Crippen molar-refractivity contribution in [3.8, 4) is 11.4 Å². The second-order valence-electron chi connectivity index (χ2n) is 4.44. The molecule has 1 aromatic carbocycles. The van der Waals surface area contributed by atoms with E-state index in [-0.39, 0.29) is 9.24 Å². The summed E-state index contributed by atoms with van der Waals surface area (Å²) in [6.07, 6.45) is 3.24. The highest BCUT2D eigenvalue weighted by Gasteiger charge is 2.23. The van der Waals surface area contributed by atoms with Crippen molar-refractivity contribution in [2.24, 2.45) is 0 Å². The Balaban J connectivity index is 2.01. The normalized spacial score (nSPS) is 11.5. The third-order valence-corrected chi connectivity index (χ3v) is 5.73. The van der Waals surface area contributed by atoms with Crippen LogP contribution >= 0.6 is 11.5 Å². The number of rotatable bonds is 3. The number of sulfone groups is 1. The molecular formula is C14H11N3O2S2. The fraction of sp³-hybridized carbons (Fsp3) is 0.0714. The highest BCUT2D eigenvalue weighted by atomic mass is 32.2. The zero-order valence-corrected chi connectivity index (χ0v) is 12.7. The van der Waals surface area contributed by atoms with Gasteiger partial charge in [0, 0.05) is 18.0 Å². The molecule has 0 N–H and O–H groups in total. The van der Waals surface area contributed by atoms with E-state index in [4.69, 9.17) is 0 Å². The Morgan fingerprint density at radius 3 is 2.52 bits per heavy atom. The van der Waals surface area contributed by atoms with Crippen LogP contribution in [0.5, 0.6) is 0 Å². The summed E-state index contributed by atoms with van der Waals surface area (Å²) in [7, 11) is -3.62. The number of aryl methyl sites for hydroxylation is 1. The van der Waals surface area contributed by atoms with Gasteiger partial charge in [-0.05, 0) is 42.7 Å². The Morgan fingerprint density at radius 1 is 1.10 bits per heavy atom. The van der Waals surface area contributed by atoms with Crippen molar-refractivity contribution in [1.29, 1.82) is 0 Å². The van der Waals surface area contributed by atoms with Crippen LogP contribution in [0.2, 0.25) is 0 Å². The van der Waals surface area contributed by atoms with Gasteiger partial charge in [-0.25, -0.2) is 13.4 Å². The van der Waals surface area contributed by atoms with Gasteiger partial charge in [0.15, 0.2) is 5.82 Å². The van der Waals surface area contributed by atoms with Crippen molar-refractivity contribution in [2.75, 3.05) is 0 Å². The molecule has 3 aromatic rings. The maximum absolute atomic E-state index is 12.5. The first-order chi connectivity index (χ1) is 10.1. The molecular weight excluding hydrogens is 306 g/mol. The van der Waals surface area contributed by atoms with Crippen molar-refractivity contribution in [3.63, 3.8) is 0 Å². The fourth-order valence-corrected chi connectivity index (χ4v) is 3.88. The molecule has 2 heterocycles. The molecule has 0 unspecified atom stereocenters. The van der Waals surface area contributed by atoms with Crippen molar-refractivity contribution < 1.29 is 8.42 Å². The zero-order chi connectivity index (χ0) is 14.9. The average Bonchev–Trinajstić information content (AvgIpc) is 2.99. The van der Waals surface area contributed by atoms with Gasteiger partial charge in [0.2, 0.25) is 14.2 Å². The summed E-state index contributed by atoms with van der Waals surface area (Å²) in [5.41, 5.74) is 1.70. The number of nitrogens with zero attached hydrogens (tertiary/aromatic N) is 3. The molecule has 2 aromatic heterocycles. The Kier molecular flexibility index (Phi) is 3.52. The Morgan fingerprint density at radius 2 is 1.86 bits per heavy atom. The highest BCUT2D eigenvalue weighted by Crippen LogP contribution is 2.25. The first-order valence-corrected chi connectivity index (χ1v) is 8.39. The fourth-order valence-electron chi connectivity index (χ4n) is 1.75. The molecule has 0 aliphatic heterocycles. The molecule has 0 spiro atoms. The van der Waals surface area contributed by atoms with Gasteiger partial charge in [-0.15, -0.1) is 0 Å². The Labute approximate surface area is 126 Å². The molecule has 21 heavy (non-hydrogen) atoms. The molecule has 0 saturated heterocycles. The molecule has 5 nitrogen and oxygen atoms in total. The van der Waals surface area contributed by atoms with Crippen LogP contribution in [0.4, 0.5) is 0 Å². The van der Waals surface area contributed by atoms with Gasteiger partial charge in [-0.2, -0.15) is 4.37 Å². The smallest absolute Gasteiger partial charge is 0.235 e.